The van der Waals surface area contributed by atoms with Crippen molar-refractivity contribution in [3.8, 4) is 11.8 Å². The van der Waals surface area contributed by atoms with Crippen molar-refractivity contribution in [2.24, 2.45) is 0 Å². The van der Waals surface area contributed by atoms with Crippen LogP contribution in [0.1, 0.15) is 5.56 Å². The molecule has 0 aromatic heterocycles. The molecule has 0 aliphatic rings. The molecular weight excluding hydrogens is 246 g/mol. The fraction of sp³-hybridized carbons (Fsp3) is 0.273. The lowest BCUT2D eigenvalue weighted by Crippen LogP contribution is -2.31. The fourth-order valence-corrected chi connectivity index (χ4v) is 1.35. The van der Waals surface area contributed by atoms with Gasteiger partial charge in [-0.05, 0) is 18.2 Å². The van der Waals surface area contributed by atoms with E-state index in [1.165, 1.54) is 25.3 Å². The normalized spacial score (nSPS) is 11.6. The van der Waals surface area contributed by atoms with Gasteiger partial charge >= 0.3 is 5.97 Å². The number of halogens is 1. The Morgan fingerprint density at radius 2 is 2.35 bits per heavy atom. The molecule has 0 fully saturated rings. The third kappa shape index (κ3) is 3.63. The Morgan fingerprint density at radius 3 is 2.82 bits per heavy atom. The minimum atomic E-state index is -1.15. The van der Waals surface area contributed by atoms with Crippen LogP contribution >= 0.6 is 11.6 Å². The van der Waals surface area contributed by atoms with E-state index in [1.807, 2.05) is 6.07 Å². The van der Waals surface area contributed by atoms with Crippen molar-refractivity contribution in [3.63, 3.8) is 0 Å². The molecule has 0 radical (unpaired) electrons. The molecule has 0 amide bonds. The Labute approximate surface area is 103 Å². The lowest BCUT2D eigenvalue weighted by atomic mass is 10.2. The number of carboxylic acid groups (broad SMARTS) is 1. The van der Waals surface area contributed by atoms with Crippen LogP contribution < -0.4 is 4.74 Å². The maximum Gasteiger partial charge on any atom is 0.347 e. The third-order valence-electron chi connectivity index (χ3n) is 1.92. The average Bonchev–Trinajstić information content (AvgIpc) is 2.30. The molecule has 0 aliphatic heterocycles. The van der Waals surface area contributed by atoms with Crippen LogP contribution in [0.25, 0.3) is 0 Å². The Balaban J connectivity index is 2.87. The Hall–Kier alpha value is -1.77. The molecule has 1 N–H and O–H groups in total. The molecule has 1 rings (SSSR count). The van der Waals surface area contributed by atoms with Gasteiger partial charge in [-0.25, -0.2) is 4.79 Å². The number of benzene rings is 1. The minimum absolute atomic E-state index is 0.0916. The lowest BCUT2D eigenvalue weighted by Gasteiger charge is -2.15. The van der Waals surface area contributed by atoms with Gasteiger partial charge in [0.05, 0.1) is 23.3 Å². The van der Waals surface area contributed by atoms with Crippen LogP contribution in [0.4, 0.5) is 0 Å². The Morgan fingerprint density at radius 1 is 1.65 bits per heavy atom. The highest BCUT2D eigenvalue weighted by Gasteiger charge is 2.20. The van der Waals surface area contributed by atoms with Gasteiger partial charge in [0.15, 0.2) is 0 Å². The number of nitriles is 1. The first-order valence-electron chi connectivity index (χ1n) is 4.66. The molecule has 0 saturated carbocycles. The van der Waals surface area contributed by atoms with E-state index in [9.17, 15) is 4.79 Å². The van der Waals surface area contributed by atoms with Crippen molar-refractivity contribution >= 4 is 17.6 Å². The van der Waals surface area contributed by atoms with Gasteiger partial charge in [0.1, 0.15) is 5.75 Å². The van der Waals surface area contributed by atoms with Gasteiger partial charge in [0, 0.05) is 7.11 Å². The van der Waals surface area contributed by atoms with Crippen LogP contribution in [0.3, 0.4) is 0 Å². The predicted molar refractivity (Wildman–Crippen MR) is 60.1 cm³/mol. The van der Waals surface area contributed by atoms with E-state index in [1.54, 1.807) is 0 Å². The van der Waals surface area contributed by atoms with Gasteiger partial charge in [-0.3, -0.25) is 0 Å². The fourth-order valence-electron chi connectivity index (χ4n) is 1.13. The monoisotopic (exact) mass is 255 g/mol. The maximum atomic E-state index is 10.8. The first-order chi connectivity index (χ1) is 8.08. The number of carboxylic acids is 1. The van der Waals surface area contributed by atoms with Gasteiger partial charge in [0.25, 0.3) is 0 Å². The number of rotatable bonds is 5. The highest BCUT2D eigenvalue weighted by molar-refractivity contribution is 6.32. The number of carbonyl (C=O) groups is 1. The van der Waals surface area contributed by atoms with Crippen molar-refractivity contribution in [1.82, 2.24) is 0 Å². The van der Waals surface area contributed by atoms with Gasteiger partial charge in [-0.15, -0.1) is 0 Å². The molecule has 1 unspecified atom stereocenters. The van der Waals surface area contributed by atoms with Crippen molar-refractivity contribution in [3.05, 3.63) is 28.8 Å². The number of methoxy groups -OCH3 is 1. The highest BCUT2D eigenvalue weighted by atomic mass is 35.5. The van der Waals surface area contributed by atoms with Crippen molar-refractivity contribution < 1.29 is 19.4 Å². The molecule has 1 aromatic carbocycles. The zero-order valence-electron chi connectivity index (χ0n) is 9.01. The molecule has 5 nitrogen and oxygen atoms in total. The average molecular weight is 256 g/mol. The van der Waals surface area contributed by atoms with Crippen LogP contribution in [0.2, 0.25) is 5.02 Å². The third-order valence-corrected chi connectivity index (χ3v) is 2.22. The van der Waals surface area contributed by atoms with E-state index in [-0.39, 0.29) is 17.4 Å². The van der Waals surface area contributed by atoms with E-state index >= 15 is 0 Å². The lowest BCUT2D eigenvalue weighted by molar-refractivity contribution is -0.147. The first kappa shape index (κ1) is 13.3. The Bertz CT molecular complexity index is 455. The van der Waals surface area contributed by atoms with Crippen molar-refractivity contribution in [2.75, 3.05) is 13.7 Å². The zero-order valence-corrected chi connectivity index (χ0v) is 9.77. The van der Waals surface area contributed by atoms with Gasteiger partial charge in [-0.1, -0.05) is 11.6 Å². The molecule has 1 atom stereocenters. The number of hydrogen-bond donors (Lipinski definition) is 1. The largest absolute Gasteiger partial charge is 0.478 e. The van der Waals surface area contributed by atoms with Gasteiger partial charge in [0.2, 0.25) is 6.10 Å². The number of aliphatic carboxylic acids is 1. The second-order valence-electron chi connectivity index (χ2n) is 3.16. The number of ether oxygens (including phenoxy) is 2. The molecule has 6 heteroatoms. The molecule has 0 heterocycles. The summed E-state index contributed by atoms with van der Waals surface area (Å²) < 4.78 is 9.90. The highest BCUT2D eigenvalue weighted by Crippen LogP contribution is 2.26. The molecular formula is C11H10ClNO4. The van der Waals surface area contributed by atoms with Crippen LogP contribution in [-0.4, -0.2) is 30.9 Å². The summed E-state index contributed by atoms with van der Waals surface area (Å²) in [6.45, 7) is -0.0916. The van der Waals surface area contributed by atoms with E-state index in [0.717, 1.165) is 0 Å². The van der Waals surface area contributed by atoms with Crippen LogP contribution in [0, 0.1) is 11.3 Å². The summed E-state index contributed by atoms with van der Waals surface area (Å²) >= 11 is 5.85. The Kier molecular flexibility index (Phi) is 4.76. The molecule has 0 bridgehead atoms. The smallest absolute Gasteiger partial charge is 0.347 e. The standard InChI is InChI=1S/C11H10ClNO4/c1-16-6-10(11(14)15)17-9-3-2-7(5-13)4-8(9)12/h2-4,10H,6H2,1H3,(H,14,15). The zero-order chi connectivity index (χ0) is 12.8. The van der Waals surface area contributed by atoms with Crippen LogP contribution in [0.15, 0.2) is 18.2 Å². The minimum Gasteiger partial charge on any atom is -0.478 e. The summed E-state index contributed by atoms with van der Waals surface area (Å²) in [5, 5.41) is 17.7. The maximum absolute atomic E-state index is 10.8. The molecule has 90 valence electrons. The SMILES string of the molecule is COCC(Oc1ccc(C#N)cc1Cl)C(=O)O. The summed E-state index contributed by atoms with van der Waals surface area (Å²) in [5.41, 5.74) is 0.376. The predicted octanol–water partition coefficient (Wildman–Crippen LogP) is 1.69. The van der Waals surface area contributed by atoms with E-state index < -0.39 is 12.1 Å². The molecule has 0 saturated heterocycles. The van der Waals surface area contributed by atoms with E-state index in [4.69, 9.17) is 31.4 Å². The van der Waals surface area contributed by atoms with Crippen LogP contribution in [-0.2, 0) is 9.53 Å². The van der Waals surface area contributed by atoms with Crippen LogP contribution in [0.5, 0.6) is 5.75 Å². The summed E-state index contributed by atoms with van der Waals surface area (Å²) in [6, 6.07) is 6.26. The van der Waals surface area contributed by atoms with Crippen molar-refractivity contribution in [1.29, 1.82) is 5.26 Å². The first-order valence-corrected chi connectivity index (χ1v) is 5.04. The van der Waals surface area contributed by atoms with Crippen molar-refractivity contribution in [2.45, 2.75) is 6.10 Å². The summed E-state index contributed by atoms with van der Waals surface area (Å²) in [7, 11) is 1.37. The molecule has 0 aliphatic carbocycles. The number of nitrogens with zero attached hydrogens (tertiary/aromatic N) is 1. The second-order valence-corrected chi connectivity index (χ2v) is 3.56. The second kappa shape index (κ2) is 6.09. The summed E-state index contributed by atoms with van der Waals surface area (Å²) in [6.07, 6.45) is -1.13. The number of hydrogen-bond acceptors (Lipinski definition) is 4. The molecule has 1 aromatic rings. The van der Waals surface area contributed by atoms with Gasteiger partial charge in [-0.2, -0.15) is 5.26 Å². The summed E-state index contributed by atoms with van der Waals surface area (Å²) in [5.74, 6) is -0.942. The topological polar surface area (TPSA) is 79.5 Å². The van der Waals surface area contributed by atoms with Gasteiger partial charge < -0.3 is 14.6 Å². The van der Waals surface area contributed by atoms with E-state index in [0.29, 0.717) is 5.56 Å². The quantitative estimate of drug-likeness (QED) is 0.866. The molecule has 17 heavy (non-hydrogen) atoms. The van der Waals surface area contributed by atoms with E-state index in [2.05, 4.69) is 0 Å². The molecule has 0 spiro atoms. The summed E-state index contributed by atoms with van der Waals surface area (Å²) in [4.78, 5) is 10.8.